The fourth-order valence-electron chi connectivity index (χ4n) is 2.32. The van der Waals surface area contributed by atoms with Gasteiger partial charge >= 0.3 is 5.97 Å². The number of carbonyl (C=O) groups is 2. The minimum atomic E-state index is -0.754. The van der Waals surface area contributed by atoms with Gasteiger partial charge in [-0.2, -0.15) is 0 Å². The Morgan fingerprint density at radius 2 is 1.77 bits per heavy atom. The smallest absolute Gasteiger partial charge is 0.338 e. The number of benzene rings is 2. The van der Waals surface area contributed by atoms with Crippen molar-refractivity contribution in [3.8, 4) is 0 Å². The van der Waals surface area contributed by atoms with Crippen molar-refractivity contribution in [2.75, 3.05) is 25.6 Å². The van der Waals surface area contributed by atoms with Gasteiger partial charge in [-0.1, -0.05) is 6.07 Å². The van der Waals surface area contributed by atoms with Crippen LogP contribution in [-0.2, 0) is 9.53 Å². The fraction of sp³-hybridized carbons (Fsp3) is 0.263. The number of esters is 1. The number of hydrogen-bond acceptors (Lipinski definition) is 4. The fourth-order valence-corrected chi connectivity index (χ4v) is 2.32. The molecule has 2 aromatic carbocycles. The largest absolute Gasteiger partial charge is 0.452 e. The van der Waals surface area contributed by atoms with Gasteiger partial charge in [-0.25, -0.2) is 13.6 Å². The van der Waals surface area contributed by atoms with Crippen molar-refractivity contribution >= 4 is 17.6 Å². The van der Waals surface area contributed by atoms with Crippen molar-refractivity contribution in [3.05, 3.63) is 65.2 Å². The molecule has 1 amide bonds. The summed E-state index contributed by atoms with van der Waals surface area (Å²) in [5, 5.41) is 2.50. The first kappa shape index (κ1) is 19.4. The number of nitrogens with zero attached hydrogens (tertiary/aromatic N) is 1. The molecule has 0 spiro atoms. The highest BCUT2D eigenvalue weighted by Crippen LogP contribution is 2.17. The maximum absolute atomic E-state index is 13.7. The molecule has 0 unspecified atom stereocenters. The standard InChI is InChI=1S/C19H20F2N2O3/c1-12(16-9-6-14(20)10-17(16)21)22-18(24)11-26-19(25)13-4-7-15(8-5-13)23(2)3/h4-10,12H,11H2,1-3H3,(H,22,24)/t12-/m1/s1. The summed E-state index contributed by atoms with van der Waals surface area (Å²) in [6.45, 7) is 1.05. The van der Waals surface area contributed by atoms with Crippen molar-refractivity contribution < 1.29 is 23.1 Å². The van der Waals surface area contributed by atoms with Crippen LogP contribution in [0.1, 0.15) is 28.9 Å². The third kappa shape index (κ3) is 5.02. The lowest BCUT2D eigenvalue weighted by Gasteiger charge is -2.15. The third-order valence-corrected chi connectivity index (χ3v) is 3.76. The van der Waals surface area contributed by atoms with Crippen LogP contribution in [0.2, 0.25) is 0 Å². The molecule has 0 saturated carbocycles. The van der Waals surface area contributed by atoms with E-state index in [1.807, 2.05) is 19.0 Å². The second-order valence-corrected chi connectivity index (χ2v) is 5.97. The van der Waals surface area contributed by atoms with Crippen molar-refractivity contribution in [1.82, 2.24) is 5.32 Å². The summed E-state index contributed by atoms with van der Waals surface area (Å²) in [6, 6.07) is 9.15. The molecule has 0 aliphatic heterocycles. The zero-order valence-electron chi connectivity index (χ0n) is 14.8. The minimum absolute atomic E-state index is 0.144. The van der Waals surface area contributed by atoms with Crippen LogP contribution in [-0.4, -0.2) is 32.6 Å². The van der Waals surface area contributed by atoms with Crippen LogP contribution >= 0.6 is 0 Å². The van der Waals surface area contributed by atoms with Gasteiger partial charge in [0.25, 0.3) is 5.91 Å². The predicted molar refractivity (Wildman–Crippen MR) is 94.0 cm³/mol. The normalized spacial score (nSPS) is 11.6. The molecule has 0 aromatic heterocycles. The quantitative estimate of drug-likeness (QED) is 0.803. The van der Waals surface area contributed by atoms with Crippen LogP contribution in [0.5, 0.6) is 0 Å². The summed E-state index contributed by atoms with van der Waals surface area (Å²) in [5.74, 6) is -2.67. The van der Waals surface area contributed by atoms with E-state index in [1.54, 1.807) is 31.2 Å². The van der Waals surface area contributed by atoms with Crippen LogP contribution in [0.25, 0.3) is 0 Å². The number of ether oxygens (including phenoxy) is 1. The van der Waals surface area contributed by atoms with E-state index in [2.05, 4.69) is 5.32 Å². The lowest BCUT2D eigenvalue weighted by molar-refractivity contribution is -0.124. The predicted octanol–water partition coefficient (Wildman–Crippen LogP) is 3.07. The van der Waals surface area contributed by atoms with E-state index in [4.69, 9.17) is 4.74 Å². The van der Waals surface area contributed by atoms with E-state index < -0.39 is 36.2 Å². The molecule has 0 saturated heterocycles. The first-order valence-corrected chi connectivity index (χ1v) is 7.96. The molecule has 0 aliphatic carbocycles. The van der Waals surface area contributed by atoms with E-state index in [-0.39, 0.29) is 5.56 Å². The molecular formula is C19H20F2N2O3. The van der Waals surface area contributed by atoms with Crippen molar-refractivity contribution in [2.45, 2.75) is 13.0 Å². The second-order valence-electron chi connectivity index (χ2n) is 5.97. The van der Waals surface area contributed by atoms with Crippen molar-refractivity contribution in [3.63, 3.8) is 0 Å². The average molecular weight is 362 g/mol. The highest BCUT2D eigenvalue weighted by Gasteiger charge is 2.16. The van der Waals surface area contributed by atoms with Crippen LogP contribution in [0.15, 0.2) is 42.5 Å². The molecule has 2 rings (SSSR count). The van der Waals surface area contributed by atoms with E-state index in [0.29, 0.717) is 5.56 Å². The number of carbonyl (C=O) groups excluding carboxylic acids is 2. The molecule has 0 aliphatic rings. The summed E-state index contributed by atoms with van der Waals surface area (Å²) in [6.07, 6.45) is 0. The molecule has 5 nitrogen and oxygen atoms in total. The van der Waals surface area contributed by atoms with Gasteiger partial charge in [0.1, 0.15) is 11.6 Å². The zero-order chi connectivity index (χ0) is 19.3. The molecule has 7 heteroatoms. The number of anilines is 1. The summed E-state index contributed by atoms with van der Waals surface area (Å²) in [5.41, 5.74) is 1.39. The topological polar surface area (TPSA) is 58.6 Å². The van der Waals surface area contributed by atoms with E-state index in [1.165, 1.54) is 6.07 Å². The molecule has 0 bridgehead atoms. The zero-order valence-corrected chi connectivity index (χ0v) is 14.8. The Morgan fingerprint density at radius 3 is 2.35 bits per heavy atom. The number of hydrogen-bond donors (Lipinski definition) is 1. The van der Waals surface area contributed by atoms with Crippen LogP contribution in [0.4, 0.5) is 14.5 Å². The molecule has 1 atom stereocenters. The van der Waals surface area contributed by atoms with Gasteiger partial charge in [0.05, 0.1) is 11.6 Å². The minimum Gasteiger partial charge on any atom is -0.452 e. The highest BCUT2D eigenvalue weighted by atomic mass is 19.1. The molecule has 1 N–H and O–H groups in total. The molecule has 138 valence electrons. The Morgan fingerprint density at radius 1 is 1.12 bits per heavy atom. The number of amides is 1. The lowest BCUT2D eigenvalue weighted by atomic mass is 10.1. The first-order chi connectivity index (χ1) is 12.3. The van der Waals surface area contributed by atoms with E-state index >= 15 is 0 Å². The molecule has 0 radical (unpaired) electrons. The molecule has 2 aromatic rings. The van der Waals surface area contributed by atoms with Crippen molar-refractivity contribution in [2.24, 2.45) is 0 Å². The van der Waals surface area contributed by atoms with Gasteiger partial charge in [0, 0.05) is 31.4 Å². The summed E-state index contributed by atoms with van der Waals surface area (Å²) in [4.78, 5) is 25.7. The summed E-state index contributed by atoms with van der Waals surface area (Å²) < 4.78 is 31.6. The Labute approximate surface area is 150 Å². The Bertz CT molecular complexity index is 792. The van der Waals surface area contributed by atoms with Gasteiger partial charge in [0.2, 0.25) is 0 Å². The molecule has 0 heterocycles. The second kappa shape index (κ2) is 8.42. The van der Waals surface area contributed by atoms with Gasteiger partial charge in [-0.15, -0.1) is 0 Å². The maximum Gasteiger partial charge on any atom is 0.338 e. The third-order valence-electron chi connectivity index (χ3n) is 3.76. The maximum atomic E-state index is 13.7. The molecular weight excluding hydrogens is 342 g/mol. The van der Waals surface area contributed by atoms with Crippen LogP contribution < -0.4 is 10.2 Å². The van der Waals surface area contributed by atoms with Crippen LogP contribution in [0.3, 0.4) is 0 Å². The van der Waals surface area contributed by atoms with Gasteiger partial charge in [0.15, 0.2) is 6.61 Å². The van der Waals surface area contributed by atoms with E-state index in [9.17, 15) is 18.4 Å². The molecule has 0 fully saturated rings. The average Bonchev–Trinajstić information content (AvgIpc) is 2.59. The van der Waals surface area contributed by atoms with Crippen molar-refractivity contribution in [1.29, 1.82) is 0 Å². The number of rotatable bonds is 6. The first-order valence-electron chi connectivity index (χ1n) is 7.96. The SMILES string of the molecule is C[C@@H](NC(=O)COC(=O)c1ccc(N(C)C)cc1)c1ccc(F)cc1F. The van der Waals surface area contributed by atoms with Gasteiger partial charge < -0.3 is 15.0 Å². The Kier molecular flexibility index (Phi) is 6.27. The summed E-state index contributed by atoms with van der Waals surface area (Å²) in [7, 11) is 3.76. The summed E-state index contributed by atoms with van der Waals surface area (Å²) >= 11 is 0. The Hall–Kier alpha value is -2.96. The van der Waals surface area contributed by atoms with E-state index in [0.717, 1.165) is 17.8 Å². The monoisotopic (exact) mass is 362 g/mol. The van der Waals surface area contributed by atoms with Gasteiger partial charge in [-0.3, -0.25) is 4.79 Å². The highest BCUT2D eigenvalue weighted by molar-refractivity contribution is 5.91. The van der Waals surface area contributed by atoms with Crippen LogP contribution in [0, 0.1) is 11.6 Å². The van der Waals surface area contributed by atoms with Gasteiger partial charge in [-0.05, 0) is 37.3 Å². The number of halogens is 2. The number of nitrogens with one attached hydrogen (secondary N) is 1. The Balaban J connectivity index is 1.88. The lowest BCUT2D eigenvalue weighted by Crippen LogP contribution is -2.31. The molecule has 26 heavy (non-hydrogen) atoms.